The van der Waals surface area contributed by atoms with Crippen molar-refractivity contribution in [3.63, 3.8) is 0 Å². The Bertz CT molecular complexity index is 896. The van der Waals surface area contributed by atoms with Crippen LogP contribution in [-0.4, -0.2) is 46.6 Å². The number of carbonyl (C=O) groups is 1. The Labute approximate surface area is 150 Å². The number of nitrogens with one attached hydrogen (secondary N) is 1. The third kappa shape index (κ3) is 2.45. The van der Waals surface area contributed by atoms with Gasteiger partial charge in [0.15, 0.2) is 6.19 Å². The molecule has 8 nitrogen and oxygen atoms in total. The average Bonchev–Trinajstić information content (AvgIpc) is 2.94. The Balaban J connectivity index is 1.77. The van der Waals surface area contributed by atoms with Crippen LogP contribution in [0.1, 0.15) is 17.3 Å². The SMILES string of the molecule is COCc1cccc(C2CN(C#N)C(=O)[C@@]23CNc2cccnc2O3)n1. The average molecular weight is 351 g/mol. The highest BCUT2D eigenvalue weighted by Gasteiger charge is 2.59. The molecule has 2 aromatic heterocycles. The van der Waals surface area contributed by atoms with Gasteiger partial charge in [-0.3, -0.25) is 9.78 Å². The van der Waals surface area contributed by atoms with Crippen molar-refractivity contribution in [2.75, 3.05) is 25.5 Å². The molecular weight excluding hydrogens is 334 g/mol. The van der Waals surface area contributed by atoms with Gasteiger partial charge in [0.1, 0.15) is 0 Å². The summed E-state index contributed by atoms with van der Waals surface area (Å²) in [5, 5.41) is 12.6. The third-order valence-corrected chi connectivity index (χ3v) is 4.72. The number of pyridine rings is 2. The van der Waals surface area contributed by atoms with E-state index in [1.54, 1.807) is 19.4 Å². The number of aromatic nitrogens is 2. The first-order valence-electron chi connectivity index (χ1n) is 8.22. The molecule has 8 heteroatoms. The Hall–Kier alpha value is -3.18. The van der Waals surface area contributed by atoms with E-state index in [9.17, 15) is 10.1 Å². The summed E-state index contributed by atoms with van der Waals surface area (Å²) < 4.78 is 11.3. The van der Waals surface area contributed by atoms with E-state index in [1.165, 1.54) is 0 Å². The summed E-state index contributed by atoms with van der Waals surface area (Å²) in [6, 6.07) is 9.19. The molecule has 1 fully saturated rings. The van der Waals surface area contributed by atoms with Crippen LogP contribution in [0, 0.1) is 11.5 Å². The van der Waals surface area contributed by atoms with Gasteiger partial charge < -0.3 is 14.8 Å². The fourth-order valence-electron chi connectivity index (χ4n) is 3.48. The number of rotatable bonds is 3. The summed E-state index contributed by atoms with van der Waals surface area (Å²) in [6.45, 7) is 0.819. The maximum Gasteiger partial charge on any atom is 0.282 e. The van der Waals surface area contributed by atoms with Crippen molar-refractivity contribution >= 4 is 11.6 Å². The van der Waals surface area contributed by atoms with Gasteiger partial charge in [-0.1, -0.05) is 6.07 Å². The lowest BCUT2D eigenvalue weighted by molar-refractivity contribution is -0.138. The van der Waals surface area contributed by atoms with Gasteiger partial charge in [0.05, 0.1) is 36.1 Å². The molecule has 132 valence electrons. The quantitative estimate of drug-likeness (QED) is 0.831. The highest BCUT2D eigenvalue weighted by Crippen LogP contribution is 2.43. The zero-order valence-corrected chi connectivity index (χ0v) is 14.2. The lowest BCUT2D eigenvalue weighted by atomic mass is 9.85. The van der Waals surface area contributed by atoms with Gasteiger partial charge >= 0.3 is 0 Å². The molecule has 4 rings (SSSR count). The van der Waals surface area contributed by atoms with Crippen LogP contribution in [0.5, 0.6) is 5.88 Å². The highest BCUT2D eigenvalue weighted by atomic mass is 16.5. The van der Waals surface area contributed by atoms with E-state index in [2.05, 4.69) is 15.3 Å². The smallest absolute Gasteiger partial charge is 0.282 e. The second-order valence-electron chi connectivity index (χ2n) is 6.26. The van der Waals surface area contributed by atoms with Gasteiger partial charge in [-0.25, -0.2) is 9.88 Å². The monoisotopic (exact) mass is 351 g/mol. The molecule has 2 aliphatic rings. The number of amides is 1. The molecule has 2 aromatic rings. The zero-order chi connectivity index (χ0) is 18.1. The Kier molecular flexibility index (Phi) is 3.93. The van der Waals surface area contributed by atoms with E-state index in [0.717, 1.165) is 16.3 Å². The van der Waals surface area contributed by atoms with Crippen molar-refractivity contribution in [2.24, 2.45) is 0 Å². The molecule has 1 saturated heterocycles. The Morgan fingerprint density at radius 1 is 1.46 bits per heavy atom. The first-order valence-corrected chi connectivity index (χ1v) is 8.22. The number of fused-ring (bicyclic) bond motifs is 1. The molecule has 0 radical (unpaired) electrons. The van der Waals surface area contributed by atoms with E-state index in [-0.39, 0.29) is 19.0 Å². The molecule has 1 amide bonds. The maximum absolute atomic E-state index is 13.0. The summed E-state index contributed by atoms with van der Waals surface area (Å²) in [7, 11) is 1.60. The van der Waals surface area contributed by atoms with Crippen molar-refractivity contribution in [1.82, 2.24) is 14.9 Å². The van der Waals surface area contributed by atoms with Crippen LogP contribution in [0.15, 0.2) is 36.5 Å². The fourth-order valence-corrected chi connectivity index (χ4v) is 3.48. The minimum atomic E-state index is -1.25. The summed E-state index contributed by atoms with van der Waals surface area (Å²) in [5.74, 6) is -0.438. The van der Waals surface area contributed by atoms with E-state index < -0.39 is 11.5 Å². The number of hydrogen-bond acceptors (Lipinski definition) is 7. The molecule has 4 heterocycles. The molecule has 2 aliphatic heterocycles. The minimum Gasteiger partial charge on any atom is -0.457 e. The number of nitriles is 1. The molecule has 0 bridgehead atoms. The summed E-state index contributed by atoms with van der Waals surface area (Å²) in [6.07, 6.45) is 3.56. The number of hydrogen-bond donors (Lipinski definition) is 1. The molecule has 1 unspecified atom stereocenters. The van der Waals surface area contributed by atoms with Crippen molar-refractivity contribution < 1.29 is 14.3 Å². The zero-order valence-electron chi connectivity index (χ0n) is 14.2. The molecule has 26 heavy (non-hydrogen) atoms. The van der Waals surface area contributed by atoms with Crippen LogP contribution in [0.4, 0.5) is 5.69 Å². The molecule has 1 spiro atoms. The van der Waals surface area contributed by atoms with Gasteiger partial charge in [0, 0.05) is 19.9 Å². The predicted octanol–water partition coefficient (Wildman–Crippen LogP) is 1.27. The van der Waals surface area contributed by atoms with Crippen LogP contribution in [-0.2, 0) is 16.1 Å². The van der Waals surface area contributed by atoms with Crippen molar-refractivity contribution in [2.45, 2.75) is 18.1 Å². The highest BCUT2D eigenvalue weighted by molar-refractivity contribution is 5.92. The fraction of sp³-hybridized carbons (Fsp3) is 0.333. The second kappa shape index (κ2) is 6.28. The number of nitrogens with zero attached hydrogens (tertiary/aromatic N) is 4. The van der Waals surface area contributed by atoms with E-state index in [1.807, 2.05) is 30.5 Å². The second-order valence-corrected chi connectivity index (χ2v) is 6.26. The number of anilines is 1. The third-order valence-electron chi connectivity index (χ3n) is 4.72. The Morgan fingerprint density at radius 2 is 2.35 bits per heavy atom. The number of carbonyl (C=O) groups excluding carboxylic acids is 1. The lowest BCUT2D eigenvalue weighted by Gasteiger charge is -2.37. The predicted molar refractivity (Wildman–Crippen MR) is 91.1 cm³/mol. The number of methoxy groups -OCH3 is 1. The van der Waals surface area contributed by atoms with Crippen LogP contribution in [0.3, 0.4) is 0 Å². The summed E-state index contributed by atoms with van der Waals surface area (Å²) in [4.78, 5) is 22.9. The summed E-state index contributed by atoms with van der Waals surface area (Å²) in [5.41, 5.74) is 0.911. The molecule has 0 aliphatic carbocycles. The van der Waals surface area contributed by atoms with Gasteiger partial charge in [-0.05, 0) is 24.3 Å². The normalized spacial score (nSPS) is 23.9. The number of ether oxygens (including phenoxy) is 2. The van der Waals surface area contributed by atoms with Crippen LogP contribution in [0.2, 0.25) is 0 Å². The van der Waals surface area contributed by atoms with E-state index in [4.69, 9.17) is 9.47 Å². The van der Waals surface area contributed by atoms with Crippen LogP contribution < -0.4 is 10.1 Å². The van der Waals surface area contributed by atoms with Crippen molar-refractivity contribution in [1.29, 1.82) is 5.26 Å². The summed E-state index contributed by atoms with van der Waals surface area (Å²) >= 11 is 0. The first kappa shape index (κ1) is 16.3. The molecular formula is C18H17N5O3. The minimum absolute atomic E-state index is 0.211. The largest absolute Gasteiger partial charge is 0.457 e. The van der Waals surface area contributed by atoms with E-state index >= 15 is 0 Å². The van der Waals surface area contributed by atoms with Crippen LogP contribution in [0.25, 0.3) is 0 Å². The van der Waals surface area contributed by atoms with E-state index in [0.29, 0.717) is 18.2 Å². The van der Waals surface area contributed by atoms with Crippen molar-refractivity contribution in [3.05, 3.63) is 47.9 Å². The standard InChI is InChI=1S/C18H17N5O3/c1-25-9-12-4-2-5-14(22-12)13-8-23(11-19)17(24)18(13)10-21-15-6-3-7-20-16(15)26-18/h2-7,13,21H,8-10H2,1H3/t13?,18-/m1/s1. The topological polar surface area (TPSA) is 100 Å². The Morgan fingerprint density at radius 3 is 3.15 bits per heavy atom. The molecule has 0 saturated carbocycles. The maximum atomic E-state index is 13.0. The molecule has 1 N–H and O–H groups in total. The van der Waals surface area contributed by atoms with Gasteiger partial charge in [0.25, 0.3) is 5.91 Å². The van der Waals surface area contributed by atoms with Gasteiger partial charge in [0.2, 0.25) is 11.5 Å². The lowest BCUT2D eigenvalue weighted by Crippen LogP contribution is -2.55. The number of likely N-dealkylation sites (tertiary alicyclic amines) is 1. The molecule has 2 atom stereocenters. The van der Waals surface area contributed by atoms with Crippen LogP contribution >= 0.6 is 0 Å². The van der Waals surface area contributed by atoms with Crippen molar-refractivity contribution in [3.8, 4) is 12.1 Å². The first-order chi connectivity index (χ1) is 12.7. The van der Waals surface area contributed by atoms with Gasteiger partial charge in [-0.15, -0.1) is 0 Å². The van der Waals surface area contributed by atoms with Gasteiger partial charge in [-0.2, -0.15) is 5.26 Å². The molecule has 0 aromatic carbocycles.